The Bertz CT molecular complexity index is 1120. The van der Waals surface area contributed by atoms with Crippen molar-refractivity contribution in [3.05, 3.63) is 53.6 Å². The summed E-state index contributed by atoms with van der Waals surface area (Å²) in [6.07, 6.45) is 3.29. The van der Waals surface area contributed by atoms with Gasteiger partial charge in [-0.2, -0.15) is 4.31 Å². The average molecular weight is 481 g/mol. The van der Waals surface area contributed by atoms with E-state index in [1.54, 1.807) is 36.4 Å². The van der Waals surface area contributed by atoms with Crippen LogP contribution < -0.4 is 9.46 Å². The molecule has 32 heavy (non-hydrogen) atoms. The molecule has 0 radical (unpaired) electrons. The average Bonchev–Trinajstić information content (AvgIpc) is 2.79. The molecular weight excluding hydrogens is 448 g/mol. The molecule has 0 atom stereocenters. The van der Waals surface area contributed by atoms with E-state index in [1.807, 2.05) is 19.9 Å². The maximum atomic E-state index is 12.9. The van der Waals surface area contributed by atoms with Crippen LogP contribution in [0, 0.1) is 0 Å². The van der Waals surface area contributed by atoms with Crippen molar-refractivity contribution in [2.75, 3.05) is 26.7 Å². The van der Waals surface area contributed by atoms with Gasteiger partial charge in [-0.25, -0.2) is 21.6 Å². The van der Waals surface area contributed by atoms with E-state index in [9.17, 15) is 16.8 Å². The van der Waals surface area contributed by atoms with E-state index in [1.165, 1.54) is 11.4 Å². The van der Waals surface area contributed by atoms with Crippen LogP contribution in [0.25, 0.3) is 0 Å². The van der Waals surface area contributed by atoms with Crippen LogP contribution in [0.2, 0.25) is 0 Å². The van der Waals surface area contributed by atoms with E-state index < -0.39 is 20.0 Å². The molecule has 1 heterocycles. The summed E-state index contributed by atoms with van der Waals surface area (Å²) in [7, 11) is -5.77. The predicted molar refractivity (Wildman–Crippen MR) is 125 cm³/mol. The van der Waals surface area contributed by atoms with Crippen molar-refractivity contribution in [3.63, 3.8) is 0 Å². The fourth-order valence-corrected chi connectivity index (χ4v) is 6.50. The number of sulfonamides is 2. The van der Waals surface area contributed by atoms with Gasteiger partial charge in [0.25, 0.3) is 0 Å². The lowest BCUT2D eigenvalue weighted by atomic mass is 10.0. The van der Waals surface area contributed by atoms with Crippen molar-refractivity contribution < 1.29 is 21.6 Å². The van der Waals surface area contributed by atoms with Crippen molar-refractivity contribution >= 4 is 20.0 Å². The van der Waals surface area contributed by atoms with E-state index >= 15 is 0 Å². The highest BCUT2D eigenvalue weighted by molar-refractivity contribution is 7.89. The lowest BCUT2D eigenvalue weighted by Gasteiger charge is -2.25. The van der Waals surface area contributed by atoms with Gasteiger partial charge in [-0.3, -0.25) is 0 Å². The molecule has 1 fully saturated rings. The van der Waals surface area contributed by atoms with Gasteiger partial charge in [-0.15, -0.1) is 0 Å². The summed E-state index contributed by atoms with van der Waals surface area (Å²) < 4.78 is 60.7. The third-order valence-electron chi connectivity index (χ3n) is 5.73. The zero-order valence-corrected chi connectivity index (χ0v) is 20.5. The lowest BCUT2D eigenvalue weighted by molar-refractivity contribution is 0.346. The summed E-state index contributed by atoms with van der Waals surface area (Å²) in [6.45, 7) is 5.32. The van der Waals surface area contributed by atoms with Crippen molar-refractivity contribution in [2.45, 2.75) is 55.2 Å². The summed E-state index contributed by atoms with van der Waals surface area (Å²) >= 11 is 0. The molecule has 7 nitrogen and oxygen atoms in total. The van der Waals surface area contributed by atoms with Gasteiger partial charge in [0.2, 0.25) is 20.0 Å². The van der Waals surface area contributed by atoms with Gasteiger partial charge in [0.05, 0.1) is 12.0 Å². The predicted octanol–water partition coefficient (Wildman–Crippen LogP) is 3.51. The Kier molecular flexibility index (Phi) is 7.97. The van der Waals surface area contributed by atoms with Crippen molar-refractivity contribution in [1.29, 1.82) is 0 Å². The minimum Gasteiger partial charge on any atom is -0.495 e. The fourth-order valence-electron chi connectivity index (χ4n) is 3.75. The molecule has 0 spiro atoms. The van der Waals surface area contributed by atoms with Crippen molar-refractivity contribution in [3.8, 4) is 5.75 Å². The van der Waals surface area contributed by atoms with Crippen LogP contribution in [-0.2, 0) is 26.5 Å². The number of methoxy groups -OCH3 is 1. The van der Waals surface area contributed by atoms with E-state index in [0.29, 0.717) is 25.3 Å². The second kappa shape index (κ2) is 10.3. The topological polar surface area (TPSA) is 92.8 Å². The van der Waals surface area contributed by atoms with Gasteiger partial charge < -0.3 is 4.74 Å². The van der Waals surface area contributed by atoms with Crippen LogP contribution in [0.5, 0.6) is 5.75 Å². The molecule has 1 N–H and O–H groups in total. The largest absolute Gasteiger partial charge is 0.495 e. The third-order valence-corrected chi connectivity index (χ3v) is 9.12. The van der Waals surface area contributed by atoms with E-state index in [2.05, 4.69) is 4.72 Å². The molecule has 0 saturated carbocycles. The number of ether oxygens (including phenoxy) is 1. The molecule has 0 bridgehead atoms. The van der Waals surface area contributed by atoms with Crippen LogP contribution in [0.3, 0.4) is 0 Å². The third kappa shape index (κ3) is 5.70. The normalized spacial score (nSPS) is 15.8. The first-order valence-electron chi connectivity index (χ1n) is 10.9. The number of benzene rings is 2. The van der Waals surface area contributed by atoms with E-state index in [4.69, 9.17) is 4.74 Å². The number of piperidine rings is 1. The molecule has 0 aromatic heterocycles. The second-order valence-electron chi connectivity index (χ2n) is 8.32. The molecule has 2 aromatic rings. The van der Waals surface area contributed by atoms with Crippen molar-refractivity contribution in [1.82, 2.24) is 9.03 Å². The summed E-state index contributed by atoms with van der Waals surface area (Å²) in [6, 6.07) is 11.9. The minimum absolute atomic E-state index is 0.120. The zero-order valence-electron chi connectivity index (χ0n) is 18.9. The Hall–Kier alpha value is -1.94. The second-order valence-corrected chi connectivity index (χ2v) is 12.0. The Labute approximate surface area is 191 Å². The van der Waals surface area contributed by atoms with Gasteiger partial charge in [0.15, 0.2) is 0 Å². The number of nitrogens with zero attached hydrogens (tertiary/aromatic N) is 1. The highest BCUT2D eigenvalue weighted by Crippen LogP contribution is 2.28. The maximum Gasteiger partial charge on any atom is 0.244 e. The van der Waals surface area contributed by atoms with Crippen LogP contribution in [0.15, 0.2) is 52.3 Å². The molecule has 0 aliphatic carbocycles. The Morgan fingerprint density at radius 3 is 2.22 bits per heavy atom. The zero-order chi connectivity index (χ0) is 23.4. The summed E-state index contributed by atoms with van der Waals surface area (Å²) in [5.41, 5.74) is 1.77. The van der Waals surface area contributed by atoms with Crippen LogP contribution >= 0.6 is 0 Å². The van der Waals surface area contributed by atoms with Gasteiger partial charge in [0.1, 0.15) is 10.6 Å². The van der Waals surface area contributed by atoms with Crippen LogP contribution in [0.4, 0.5) is 0 Å². The Morgan fingerprint density at radius 2 is 1.62 bits per heavy atom. The summed E-state index contributed by atoms with van der Waals surface area (Å²) in [4.78, 5) is 0.396. The van der Waals surface area contributed by atoms with Gasteiger partial charge in [0, 0.05) is 19.6 Å². The first kappa shape index (κ1) is 24.7. The molecule has 176 valence electrons. The minimum atomic E-state index is -3.75. The molecular formula is C23H32N2O5S2. The van der Waals surface area contributed by atoms with E-state index in [-0.39, 0.29) is 22.3 Å². The molecule has 0 unspecified atom stereocenters. The standard InChI is InChI=1S/C23H32N2O5S2/c1-18(2)20-9-12-22(30-3)23(17-20)31(26,27)24-14-13-19-7-10-21(11-8-19)32(28,29)25-15-5-4-6-16-25/h7-12,17-18,24H,4-6,13-16H2,1-3H3. The highest BCUT2D eigenvalue weighted by atomic mass is 32.2. The van der Waals surface area contributed by atoms with Gasteiger partial charge in [-0.1, -0.05) is 38.5 Å². The van der Waals surface area contributed by atoms with Gasteiger partial charge in [-0.05, 0) is 60.6 Å². The van der Waals surface area contributed by atoms with E-state index in [0.717, 1.165) is 30.4 Å². The SMILES string of the molecule is COc1ccc(C(C)C)cc1S(=O)(=O)NCCc1ccc(S(=O)(=O)N2CCCCC2)cc1. The summed E-state index contributed by atoms with van der Waals surface area (Å²) in [5, 5.41) is 0. The van der Waals surface area contributed by atoms with Crippen LogP contribution in [-0.4, -0.2) is 47.9 Å². The lowest BCUT2D eigenvalue weighted by Crippen LogP contribution is -2.35. The number of rotatable bonds is 9. The Balaban J connectivity index is 1.66. The van der Waals surface area contributed by atoms with Crippen molar-refractivity contribution in [2.24, 2.45) is 0 Å². The Morgan fingerprint density at radius 1 is 0.969 bits per heavy atom. The molecule has 1 aliphatic heterocycles. The smallest absolute Gasteiger partial charge is 0.244 e. The molecule has 0 amide bonds. The highest BCUT2D eigenvalue weighted by Gasteiger charge is 2.25. The quantitative estimate of drug-likeness (QED) is 0.593. The van der Waals surface area contributed by atoms with Crippen LogP contribution in [0.1, 0.15) is 50.2 Å². The summed E-state index contributed by atoms with van der Waals surface area (Å²) in [5.74, 6) is 0.490. The molecule has 9 heteroatoms. The number of hydrogen-bond donors (Lipinski definition) is 1. The maximum absolute atomic E-state index is 12.9. The molecule has 1 saturated heterocycles. The van der Waals surface area contributed by atoms with Gasteiger partial charge >= 0.3 is 0 Å². The molecule has 2 aromatic carbocycles. The fraction of sp³-hybridized carbons (Fsp3) is 0.478. The first-order chi connectivity index (χ1) is 15.1. The molecule has 1 aliphatic rings. The number of hydrogen-bond acceptors (Lipinski definition) is 5. The molecule has 3 rings (SSSR count). The first-order valence-corrected chi connectivity index (χ1v) is 13.8. The number of nitrogens with one attached hydrogen (secondary N) is 1. The monoisotopic (exact) mass is 480 g/mol.